The maximum absolute atomic E-state index is 13.0. The van der Waals surface area contributed by atoms with Gasteiger partial charge in [-0.2, -0.15) is 13.5 Å². The monoisotopic (exact) mass is 455 g/mol. The van der Waals surface area contributed by atoms with Gasteiger partial charge in [0.05, 0.1) is 13.3 Å². The Balaban J connectivity index is 1.81. The van der Waals surface area contributed by atoms with Gasteiger partial charge in [0.1, 0.15) is 4.90 Å². The van der Waals surface area contributed by atoms with Crippen LogP contribution in [0.3, 0.4) is 0 Å². The standard InChI is InChI=1S/C22H21N3O4S2/c1-3-13-23-22(30)25-24-15-16-11-12-19(20(14-16)28-2)29-31(26,27)21-10-6-8-17-7-4-5-9-18(17)21/h3-12,14-15H,1,13H2,2H3,(H2,23,25,30). The van der Waals surface area contributed by atoms with E-state index < -0.39 is 10.1 Å². The summed E-state index contributed by atoms with van der Waals surface area (Å²) < 4.78 is 36.6. The van der Waals surface area contributed by atoms with Crippen molar-refractivity contribution >= 4 is 44.4 Å². The van der Waals surface area contributed by atoms with Gasteiger partial charge in [0.25, 0.3) is 0 Å². The molecule has 7 nitrogen and oxygen atoms in total. The Labute approximate surface area is 186 Å². The molecule has 9 heteroatoms. The summed E-state index contributed by atoms with van der Waals surface area (Å²) in [6.07, 6.45) is 3.20. The SMILES string of the molecule is C=CCNC(=S)NN=Cc1ccc(OS(=O)(=O)c2cccc3ccccc23)c(OC)c1. The molecule has 0 aliphatic heterocycles. The zero-order valence-corrected chi connectivity index (χ0v) is 18.4. The molecule has 2 N–H and O–H groups in total. The minimum atomic E-state index is -4.08. The summed E-state index contributed by atoms with van der Waals surface area (Å²) in [6, 6.07) is 17.0. The molecule has 0 fully saturated rings. The molecule has 3 aromatic rings. The van der Waals surface area contributed by atoms with Crippen molar-refractivity contribution < 1.29 is 17.3 Å². The van der Waals surface area contributed by atoms with E-state index in [4.69, 9.17) is 21.1 Å². The topological polar surface area (TPSA) is 89.0 Å². The molecule has 0 atom stereocenters. The number of fused-ring (bicyclic) bond motifs is 1. The lowest BCUT2D eigenvalue weighted by atomic mass is 10.1. The maximum Gasteiger partial charge on any atom is 0.339 e. The molecule has 160 valence electrons. The summed E-state index contributed by atoms with van der Waals surface area (Å²) in [5.41, 5.74) is 3.33. The molecule has 0 heterocycles. The first-order valence-corrected chi connectivity index (χ1v) is 11.0. The Morgan fingerprint density at radius 1 is 1.13 bits per heavy atom. The fraction of sp³-hybridized carbons (Fsp3) is 0.0909. The molecular formula is C22H21N3O4S2. The number of methoxy groups -OCH3 is 1. The highest BCUT2D eigenvalue weighted by atomic mass is 32.2. The number of nitrogens with zero attached hydrogens (tertiary/aromatic N) is 1. The van der Waals surface area contributed by atoms with Crippen LogP contribution in [0.25, 0.3) is 10.8 Å². The highest BCUT2D eigenvalue weighted by molar-refractivity contribution is 7.87. The van der Waals surface area contributed by atoms with Crippen LogP contribution >= 0.6 is 12.2 Å². The lowest BCUT2D eigenvalue weighted by molar-refractivity contribution is 0.390. The van der Waals surface area contributed by atoms with Crippen molar-refractivity contribution in [3.63, 3.8) is 0 Å². The van der Waals surface area contributed by atoms with E-state index in [1.807, 2.05) is 18.2 Å². The molecule has 3 aromatic carbocycles. The summed E-state index contributed by atoms with van der Waals surface area (Å²) in [4.78, 5) is 0.0861. The number of ether oxygens (including phenoxy) is 1. The average Bonchev–Trinajstić information content (AvgIpc) is 2.78. The lowest BCUT2D eigenvalue weighted by Gasteiger charge is -2.12. The molecule has 0 aromatic heterocycles. The smallest absolute Gasteiger partial charge is 0.339 e. The van der Waals surface area contributed by atoms with Crippen LogP contribution in [0.5, 0.6) is 11.5 Å². The first-order chi connectivity index (χ1) is 14.9. The number of thiocarbonyl (C=S) groups is 1. The predicted molar refractivity (Wildman–Crippen MR) is 126 cm³/mol. The van der Waals surface area contributed by atoms with Gasteiger partial charge < -0.3 is 14.2 Å². The number of hydrogen-bond donors (Lipinski definition) is 2. The summed E-state index contributed by atoms with van der Waals surface area (Å²) in [6.45, 7) is 4.11. The van der Waals surface area contributed by atoms with Crippen molar-refractivity contribution in [3.05, 3.63) is 78.9 Å². The van der Waals surface area contributed by atoms with Crippen LogP contribution in [0, 0.1) is 0 Å². The van der Waals surface area contributed by atoms with Crippen molar-refractivity contribution in [1.82, 2.24) is 10.7 Å². The molecule has 0 bridgehead atoms. The van der Waals surface area contributed by atoms with E-state index in [1.165, 1.54) is 25.5 Å². The third-order valence-corrected chi connectivity index (χ3v) is 5.72. The van der Waals surface area contributed by atoms with Gasteiger partial charge in [-0.05, 0) is 47.4 Å². The number of rotatable bonds is 8. The van der Waals surface area contributed by atoms with E-state index in [9.17, 15) is 8.42 Å². The normalized spacial score (nSPS) is 11.3. The van der Waals surface area contributed by atoms with E-state index in [-0.39, 0.29) is 16.4 Å². The molecule has 0 aliphatic carbocycles. The molecular weight excluding hydrogens is 434 g/mol. The molecule has 0 amide bonds. The second-order valence-electron chi connectivity index (χ2n) is 6.29. The number of hydrazone groups is 1. The minimum Gasteiger partial charge on any atom is -0.493 e. The summed E-state index contributed by atoms with van der Waals surface area (Å²) in [7, 11) is -2.65. The van der Waals surface area contributed by atoms with Gasteiger partial charge in [-0.15, -0.1) is 6.58 Å². The van der Waals surface area contributed by atoms with Crippen molar-refractivity contribution in [2.45, 2.75) is 4.90 Å². The van der Waals surface area contributed by atoms with Gasteiger partial charge in [0.2, 0.25) is 0 Å². The van der Waals surface area contributed by atoms with Gasteiger partial charge >= 0.3 is 10.1 Å². The van der Waals surface area contributed by atoms with Gasteiger partial charge in [-0.3, -0.25) is 5.43 Å². The van der Waals surface area contributed by atoms with Crippen LogP contribution < -0.4 is 19.7 Å². The zero-order valence-electron chi connectivity index (χ0n) is 16.7. The van der Waals surface area contributed by atoms with Crippen molar-refractivity contribution in [3.8, 4) is 11.5 Å². The fourth-order valence-corrected chi connectivity index (χ4v) is 4.08. The third kappa shape index (κ3) is 5.59. The largest absolute Gasteiger partial charge is 0.493 e. The molecule has 3 rings (SSSR count). The number of nitrogens with one attached hydrogen (secondary N) is 2. The van der Waals surface area contributed by atoms with E-state index in [0.29, 0.717) is 22.6 Å². The number of hydrogen-bond acceptors (Lipinski definition) is 6. The summed E-state index contributed by atoms with van der Waals surface area (Å²) in [5.74, 6) is 0.323. The Hall–Kier alpha value is -3.43. The van der Waals surface area contributed by atoms with Crippen LogP contribution in [-0.4, -0.2) is 33.4 Å². The van der Waals surface area contributed by atoms with Crippen LogP contribution in [0.15, 0.2) is 83.3 Å². The van der Waals surface area contributed by atoms with Gasteiger partial charge in [-0.25, -0.2) is 0 Å². The summed E-state index contributed by atoms with van der Waals surface area (Å²) in [5, 5.41) is 8.65. The Kier molecular flexibility index (Phi) is 7.22. The van der Waals surface area contributed by atoms with Gasteiger partial charge in [-0.1, -0.05) is 42.5 Å². The molecule has 31 heavy (non-hydrogen) atoms. The van der Waals surface area contributed by atoms with Gasteiger partial charge in [0.15, 0.2) is 16.6 Å². The van der Waals surface area contributed by atoms with Crippen LogP contribution in [0.1, 0.15) is 5.56 Å². The second kappa shape index (κ2) is 10.1. The lowest BCUT2D eigenvalue weighted by Crippen LogP contribution is -2.31. The maximum atomic E-state index is 13.0. The summed E-state index contributed by atoms with van der Waals surface area (Å²) >= 11 is 5.05. The van der Waals surface area contributed by atoms with Crippen LogP contribution in [0.4, 0.5) is 0 Å². The molecule has 0 saturated carbocycles. The predicted octanol–water partition coefficient (Wildman–Crippen LogP) is 3.60. The van der Waals surface area contributed by atoms with Crippen molar-refractivity contribution in [2.24, 2.45) is 5.10 Å². The molecule has 0 aliphatic rings. The van der Waals surface area contributed by atoms with E-state index in [0.717, 1.165) is 5.39 Å². The molecule has 0 saturated heterocycles. The van der Waals surface area contributed by atoms with Crippen LogP contribution in [0.2, 0.25) is 0 Å². The first-order valence-electron chi connectivity index (χ1n) is 9.22. The second-order valence-corrected chi connectivity index (χ2v) is 8.22. The van der Waals surface area contributed by atoms with E-state index >= 15 is 0 Å². The van der Waals surface area contributed by atoms with Crippen LogP contribution in [-0.2, 0) is 10.1 Å². The quantitative estimate of drug-likeness (QED) is 0.176. The Bertz CT molecular complexity index is 1240. The number of benzene rings is 3. The Morgan fingerprint density at radius 2 is 1.90 bits per heavy atom. The molecule has 0 spiro atoms. The van der Waals surface area contributed by atoms with E-state index in [2.05, 4.69) is 22.4 Å². The van der Waals surface area contributed by atoms with Crippen molar-refractivity contribution in [2.75, 3.05) is 13.7 Å². The highest BCUT2D eigenvalue weighted by Gasteiger charge is 2.21. The third-order valence-electron chi connectivity index (χ3n) is 4.19. The minimum absolute atomic E-state index is 0.0729. The highest BCUT2D eigenvalue weighted by Crippen LogP contribution is 2.32. The first kappa shape index (κ1) is 22.3. The van der Waals surface area contributed by atoms with Crippen molar-refractivity contribution in [1.29, 1.82) is 0 Å². The van der Waals surface area contributed by atoms with E-state index in [1.54, 1.807) is 36.4 Å². The fourth-order valence-electron chi connectivity index (χ4n) is 2.78. The molecule has 0 radical (unpaired) electrons. The zero-order chi connectivity index (χ0) is 22.3. The van der Waals surface area contributed by atoms with Gasteiger partial charge in [0, 0.05) is 11.9 Å². The average molecular weight is 456 g/mol. The Morgan fingerprint density at radius 3 is 2.68 bits per heavy atom. The molecule has 0 unspecified atom stereocenters.